The molecule has 4 aromatic rings. The smallest absolute Gasteiger partial charge is 0.275 e. The average Bonchev–Trinajstić information content (AvgIpc) is 3.36. The standard InChI is InChI=1S/C22H23N7O2/c1-14(2)11-23-20(30)16-12-24-28(3)19(16)21(31)26-18-9-10-29-13-17(25-22(29)27-18)15-7-5-4-6-8-15/h4-10,12-14H,11H2,1-3H3,(H,23,30)(H,25,26,27,31). The number of hydrogen-bond acceptors (Lipinski definition) is 5. The SMILES string of the molecule is CC(C)CNC(=O)c1cnn(C)c1C(=O)Nc1ccn2cc(-c3ccccc3)nc2n1. The second kappa shape index (κ2) is 8.39. The number of rotatable bonds is 6. The zero-order valence-electron chi connectivity index (χ0n) is 17.5. The van der Waals surface area contributed by atoms with E-state index in [1.165, 1.54) is 10.9 Å². The van der Waals surface area contributed by atoms with Crippen molar-refractivity contribution in [1.82, 2.24) is 29.5 Å². The van der Waals surface area contributed by atoms with Crippen LogP contribution in [0.2, 0.25) is 0 Å². The van der Waals surface area contributed by atoms with Crippen molar-refractivity contribution in [3.63, 3.8) is 0 Å². The van der Waals surface area contributed by atoms with Gasteiger partial charge >= 0.3 is 0 Å². The lowest BCUT2D eigenvalue weighted by molar-refractivity contribution is 0.0934. The van der Waals surface area contributed by atoms with E-state index >= 15 is 0 Å². The quantitative estimate of drug-likeness (QED) is 0.502. The summed E-state index contributed by atoms with van der Waals surface area (Å²) in [4.78, 5) is 34.3. The van der Waals surface area contributed by atoms with Crippen molar-refractivity contribution < 1.29 is 9.59 Å². The molecule has 0 spiro atoms. The predicted octanol–water partition coefficient (Wildman–Crippen LogP) is 2.77. The summed E-state index contributed by atoms with van der Waals surface area (Å²) in [7, 11) is 1.62. The first-order chi connectivity index (χ1) is 14.9. The van der Waals surface area contributed by atoms with Gasteiger partial charge in [0.05, 0.1) is 17.5 Å². The number of carbonyl (C=O) groups excluding carboxylic acids is 2. The summed E-state index contributed by atoms with van der Waals surface area (Å²) >= 11 is 0. The van der Waals surface area contributed by atoms with Crippen molar-refractivity contribution in [2.75, 3.05) is 11.9 Å². The van der Waals surface area contributed by atoms with Crippen molar-refractivity contribution in [3.05, 3.63) is 66.2 Å². The van der Waals surface area contributed by atoms with Gasteiger partial charge in [-0.25, -0.2) is 4.98 Å². The molecule has 0 unspecified atom stereocenters. The molecule has 0 aliphatic heterocycles. The number of nitrogens with zero attached hydrogens (tertiary/aromatic N) is 5. The lowest BCUT2D eigenvalue weighted by atomic mass is 10.2. The Labute approximate surface area is 179 Å². The molecule has 2 amide bonds. The molecule has 0 radical (unpaired) electrons. The monoisotopic (exact) mass is 417 g/mol. The number of nitrogens with one attached hydrogen (secondary N) is 2. The lowest BCUT2D eigenvalue weighted by Gasteiger charge is -2.09. The zero-order valence-corrected chi connectivity index (χ0v) is 17.5. The number of benzene rings is 1. The molecule has 3 aromatic heterocycles. The van der Waals surface area contributed by atoms with E-state index in [1.54, 1.807) is 23.7 Å². The van der Waals surface area contributed by atoms with Crippen LogP contribution in [0.25, 0.3) is 17.0 Å². The first-order valence-electron chi connectivity index (χ1n) is 9.95. The number of hydrogen-bond donors (Lipinski definition) is 2. The molecule has 0 bridgehead atoms. The fourth-order valence-electron chi connectivity index (χ4n) is 3.13. The fourth-order valence-corrected chi connectivity index (χ4v) is 3.13. The Morgan fingerprint density at radius 3 is 2.58 bits per heavy atom. The third-order valence-electron chi connectivity index (χ3n) is 4.71. The van der Waals surface area contributed by atoms with Crippen LogP contribution >= 0.6 is 0 Å². The minimum Gasteiger partial charge on any atom is -0.352 e. The molecular weight excluding hydrogens is 394 g/mol. The van der Waals surface area contributed by atoms with Crippen LogP contribution in [0.15, 0.2) is 55.0 Å². The third kappa shape index (κ3) is 4.30. The molecule has 0 saturated carbocycles. The summed E-state index contributed by atoms with van der Waals surface area (Å²) in [6.45, 7) is 4.51. The van der Waals surface area contributed by atoms with E-state index in [1.807, 2.05) is 50.4 Å². The highest BCUT2D eigenvalue weighted by molar-refractivity contribution is 6.10. The number of imidazole rings is 1. The summed E-state index contributed by atoms with van der Waals surface area (Å²) in [5.41, 5.74) is 2.14. The Hall–Kier alpha value is -4.01. The Balaban J connectivity index is 1.56. The van der Waals surface area contributed by atoms with Gasteiger partial charge in [0.1, 0.15) is 11.5 Å². The second-order valence-electron chi connectivity index (χ2n) is 7.60. The predicted molar refractivity (Wildman–Crippen MR) is 117 cm³/mol. The molecular formula is C22H23N7O2. The van der Waals surface area contributed by atoms with Crippen LogP contribution in [-0.2, 0) is 7.05 Å². The number of amides is 2. The van der Waals surface area contributed by atoms with Gasteiger partial charge in [0.15, 0.2) is 0 Å². The summed E-state index contributed by atoms with van der Waals surface area (Å²) in [5.74, 6) is 0.274. The van der Waals surface area contributed by atoms with Crippen LogP contribution in [0.1, 0.15) is 34.7 Å². The summed E-state index contributed by atoms with van der Waals surface area (Å²) in [6.07, 6.45) is 5.04. The number of carbonyl (C=O) groups is 2. The van der Waals surface area contributed by atoms with Crippen LogP contribution in [0.3, 0.4) is 0 Å². The highest BCUT2D eigenvalue weighted by Crippen LogP contribution is 2.19. The van der Waals surface area contributed by atoms with Crippen LogP contribution in [0.5, 0.6) is 0 Å². The van der Waals surface area contributed by atoms with Gasteiger partial charge in [0, 0.05) is 31.5 Å². The minimum absolute atomic E-state index is 0.163. The zero-order chi connectivity index (χ0) is 22.0. The van der Waals surface area contributed by atoms with Crippen LogP contribution in [0.4, 0.5) is 5.82 Å². The lowest BCUT2D eigenvalue weighted by Crippen LogP contribution is -2.29. The van der Waals surface area contributed by atoms with Crippen molar-refractivity contribution in [1.29, 1.82) is 0 Å². The molecule has 9 heteroatoms. The average molecular weight is 417 g/mol. The summed E-state index contributed by atoms with van der Waals surface area (Å²) in [5, 5.41) is 9.63. The molecule has 1 aromatic carbocycles. The Kier molecular flexibility index (Phi) is 5.48. The number of anilines is 1. The van der Waals surface area contributed by atoms with Gasteiger partial charge in [0.2, 0.25) is 5.78 Å². The maximum Gasteiger partial charge on any atom is 0.275 e. The van der Waals surface area contributed by atoms with Crippen molar-refractivity contribution in [3.8, 4) is 11.3 Å². The summed E-state index contributed by atoms with van der Waals surface area (Å²) in [6, 6.07) is 11.5. The molecule has 0 atom stereocenters. The maximum absolute atomic E-state index is 12.9. The fraction of sp³-hybridized carbons (Fsp3) is 0.227. The Bertz CT molecular complexity index is 1240. The molecule has 4 rings (SSSR count). The molecule has 0 fully saturated rings. The van der Waals surface area contributed by atoms with Crippen LogP contribution in [0, 0.1) is 5.92 Å². The normalized spacial score (nSPS) is 11.1. The Morgan fingerprint density at radius 2 is 1.84 bits per heavy atom. The van der Waals surface area contributed by atoms with Gasteiger partial charge in [-0.3, -0.25) is 18.7 Å². The van der Waals surface area contributed by atoms with Crippen molar-refractivity contribution in [2.24, 2.45) is 13.0 Å². The van der Waals surface area contributed by atoms with Gasteiger partial charge in [-0.15, -0.1) is 0 Å². The first-order valence-corrected chi connectivity index (χ1v) is 9.95. The van der Waals surface area contributed by atoms with Gasteiger partial charge in [-0.2, -0.15) is 10.1 Å². The molecule has 31 heavy (non-hydrogen) atoms. The van der Waals surface area contributed by atoms with Gasteiger partial charge in [-0.05, 0) is 12.0 Å². The Morgan fingerprint density at radius 1 is 1.06 bits per heavy atom. The topological polar surface area (TPSA) is 106 Å². The van der Waals surface area contributed by atoms with Gasteiger partial charge in [-0.1, -0.05) is 44.2 Å². The molecule has 0 saturated heterocycles. The third-order valence-corrected chi connectivity index (χ3v) is 4.71. The number of aromatic nitrogens is 5. The highest BCUT2D eigenvalue weighted by atomic mass is 16.2. The van der Waals surface area contributed by atoms with Crippen LogP contribution in [-0.4, -0.2) is 42.5 Å². The van der Waals surface area contributed by atoms with E-state index in [2.05, 4.69) is 25.7 Å². The van der Waals surface area contributed by atoms with E-state index in [0.29, 0.717) is 24.1 Å². The van der Waals surface area contributed by atoms with Crippen LogP contribution < -0.4 is 10.6 Å². The molecule has 3 heterocycles. The second-order valence-corrected chi connectivity index (χ2v) is 7.60. The van der Waals surface area contributed by atoms with E-state index in [9.17, 15) is 9.59 Å². The van der Waals surface area contributed by atoms with Crippen molar-refractivity contribution >= 4 is 23.4 Å². The van der Waals surface area contributed by atoms with E-state index < -0.39 is 5.91 Å². The number of fused-ring (bicyclic) bond motifs is 1. The minimum atomic E-state index is -0.471. The van der Waals surface area contributed by atoms with E-state index in [4.69, 9.17) is 0 Å². The van der Waals surface area contributed by atoms with Gasteiger partial charge < -0.3 is 10.6 Å². The molecule has 158 valence electrons. The van der Waals surface area contributed by atoms with Crippen molar-refractivity contribution in [2.45, 2.75) is 13.8 Å². The maximum atomic E-state index is 12.9. The van der Waals surface area contributed by atoms with Gasteiger partial charge in [0.25, 0.3) is 11.8 Å². The molecule has 0 aliphatic rings. The highest BCUT2D eigenvalue weighted by Gasteiger charge is 2.22. The molecule has 2 N–H and O–H groups in total. The molecule has 9 nitrogen and oxygen atoms in total. The first kappa shape index (κ1) is 20.3. The van der Waals surface area contributed by atoms with E-state index in [0.717, 1.165) is 11.3 Å². The molecule has 0 aliphatic carbocycles. The van der Waals surface area contributed by atoms with E-state index in [-0.39, 0.29) is 17.2 Å². The largest absolute Gasteiger partial charge is 0.352 e. The summed E-state index contributed by atoms with van der Waals surface area (Å²) < 4.78 is 3.16. The number of aryl methyl sites for hydroxylation is 1.